The van der Waals surface area contributed by atoms with Crippen LogP contribution >= 0.6 is 11.3 Å². The van der Waals surface area contributed by atoms with E-state index in [9.17, 15) is 4.79 Å². The van der Waals surface area contributed by atoms with E-state index in [-0.39, 0.29) is 5.91 Å². The van der Waals surface area contributed by atoms with Crippen LogP contribution in [0.25, 0.3) is 0 Å². The van der Waals surface area contributed by atoms with Crippen molar-refractivity contribution in [2.45, 2.75) is 40.0 Å². The molecular formula is C18H21NOS. The molecule has 0 saturated carbocycles. The third-order valence-electron chi connectivity index (χ3n) is 4.13. The summed E-state index contributed by atoms with van der Waals surface area (Å²) >= 11 is 1.74. The van der Waals surface area contributed by atoms with E-state index in [1.807, 2.05) is 17.5 Å². The fraction of sp³-hybridized carbons (Fsp3) is 0.389. The summed E-state index contributed by atoms with van der Waals surface area (Å²) in [7, 11) is 0. The summed E-state index contributed by atoms with van der Waals surface area (Å²) in [5, 5.41) is 5.08. The Labute approximate surface area is 130 Å². The Morgan fingerprint density at radius 3 is 2.67 bits per heavy atom. The Kier molecular flexibility index (Phi) is 3.85. The van der Waals surface area contributed by atoms with E-state index >= 15 is 0 Å². The molecule has 1 N–H and O–H groups in total. The zero-order valence-corrected chi connectivity index (χ0v) is 13.6. The number of benzene rings is 1. The molecule has 1 heterocycles. The van der Waals surface area contributed by atoms with Crippen LogP contribution in [0.1, 0.15) is 45.3 Å². The largest absolute Gasteiger partial charge is 0.322 e. The van der Waals surface area contributed by atoms with Crippen molar-refractivity contribution in [1.29, 1.82) is 0 Å². The van der Waals surface area contributed by atoms with Gasteiger partial charge in [-0.15, -0.1) is 11.3 Å². The molecule has 0 fully saturated rings. The number of aryl methyl sites for hydroxylation is 2. The first-order valence-electron chi connectivity index (χ1n) is 7.52. The Bertz CT molecular complexity index is 666. The quantitative estimate of drug-likeness (QED) is 0.852. The molecule has 1 aromatic heterocycles. The van der Waals surface area contributed by atoms with E-state index in [1.165, 1.54) is 28.0 Å². The van der Waals surface area contributed by atoms with Gasteiger partial charge in [-0.1, -0.05) is 13.0 Å². The van der Waals surface area contributed by atoms with E-state index in [2.05, 4.69) is 32.2 Å². The second kappa shape index (κ2) is 5.64. The molecule has 1 aromatic carbocycles. The summed E-state index contributed by atoms with van der Waals surface area (Å²) in [6.07, 6.45) is 3.35. The number of hydrogen-bond donors (Lipinski definition) is 1. The Morgan fingerprint density at radius 1 is 1.24 bits per heavy atom. The molecule has 2 aromatic rings. The number of hydrogen-bond acceptors (Lipinski definition) is 2. The van der Waals surface area contributed by atoms with Gasteiger partial charge in [-0.25, -0.2) is 0 Å². The molecule has 1 atom stereocenters. The maximum atomic E-state index is 12.5. The van der Waals surface area contributed by atoms with Crippen LogP contribution in [0.3, 0.4) is 0 Å². The Morgan fingerprint density at radius 2 is 1.95 bits per heavy atom. The number of anilines is 1. The van der Waals surface area contributed by atoms with Crippen LogP contribution in [0.15, 0.2) is 23.6 Å². The van der Waals surface area contributed by atoms with Crippen molar-refractivity contribution in [3.8, 4) is 0 Å². The van der Waals surface area contributed by atoms with Crippen molar-refractivity contribution in [2.24, 2.45) is 5.92 Å². The summed E-state index contributed by atoms with van der Waals surface area (Å²) in [5.41, 5.74) is 5.39. The number of thiophene rings is 1. The van der Waals surface area contributed by atoms with E-state index in [0.29, 0.717) is 0 Å². The number of rotatable bonds is 2. The summed E-state index contributed by atoms with van der Waals surface area (Å²) in [4.78, 5) is 13.9. The van der Waals surface area contributed by atoms with Crippen molar-refractivity contribution in [3.63, 3.8) is 0 Å². The van der Waals surface area contributed by atoms with E-state index < -0.39 is 0 Å². The predicted molar refractivity (Wildman–Crippen MR) is 89.4 cm³/mol. The van der Waals surface area contributed by atoms with Crippen molar-refractivity contribution in [2.75, 3.05) is 5.32 Å². The predicted octanol–water partition coefficient (Wildman–Crippen LogP) is 4.74. The van der Waals surface area contributed by atoms with Gasteiger partial charge in [-0.05, 0) is 67.9 Å². The number of carbonyl (C=O) groups is 1. The smallest absolute Gasteiger partial charge is 0.256 e. The first-order valence-corrected chi connectivity index (χ1v) is 8.40. The van der Waals surface area contributed by atoms with Gasteiger partial charge in [0.1, 0.15) is 0 Å². The van der Waals surface area contributed by atoms with Gasteiger partial charge in [0.15, 0.2) is 0 Å². The third kappa shape index (κ3) is 3.03. The number of fused-ring (bicyclic) bond motifs is 1. The second-order valence-corrected chi connectivity index (χ2v) is 7.19. The number of carbonyl (C=O) groups excluding carboxylic acids is 1. The van der Waals surface area contributed by atoms with Gasteiger partial charge in [0.2, 0.25) is 0 Å². The highest BCUT2D eigenvalue weighted by molar-refractivity contribution is 7.10. The standard InChI is InChI=1S/C18H21NOS/c1-11-4-5-15-16(10-21-17(15)9-11)18(20)19-14-7-12(2)6-13(3)8-14/h6-8,10-11H,4-5,9H2,1-3H3,(H,19,20)/t11-/m1/s1. The monoisotopic (exact) mass is 299 g/mol. The SMILES string of the molecule is Cc1cc(C)cc(NC(=O)c2csc3c2CC[C@@H](C)C3)c1. The fourth-order valence-corrected chi connectivity index (χ4v) is 4.36. The molecular weight excluding hydrogens is 278 g/mol. The average Bonchev–Trinajstić information content (AvgIpc) is 2.80. The molecule has 2 nitrogen and oxygen atoms in total. The van der Waals surface area contributed by atoms with Crippen LogP contribution in [0.5, 0.6) is 0 Å². The van der Waals surface area contributed by atoms with Crippen LogP contribution in [-0.4, -0.2) is 5.91 Å². The summed E-state index contributed by atoms with van der Waals surface area (Å²) < 4.78 is 0. The molecule has 0 bridgehead atoms. The van der Waals surface area contributed by atoms with Crippen LogP contribution in [0, 0.1) is 19.8 Å². The van der Waals surface area contributed by atoms with Gasteiger partial charge < -0.3 is 5.32 Å². The highest BCUT2D eigenvalue weighted by atomic mass is 32.1. The van der Waals surface area contributed by atoms with Crippen LogP contribution in [0.2, 0.25) is 0 Å². The average molecular weight is 299 g/mol. The molecule has 1 aliphatic rings. The maximum Gasteiger partial charge on any atom is 0.256 e. The number of amides is 1. The summed E-state index contributed by atoms with van der Waals surface area (Å²) in [5.74, 6) is 0.776. The van der Waals surface area contributed by atoms with Crippen molar-refractivity contribution < 1.29 is 4.79 Å². The lowest BCUT2D eigenvalue weighted by molar-refractivity contribution is 0.102. The lowest BCUT2D eigenvalue weighted by atomic mass is 9.88. The second-order valence-electron chi connectivity index (χ2n) is 6.23. The first-order chi connectivity index (χ1) is 10.0. The van der Waals surface area contributed by atoms with Crippen LogP contribution in [0.4, 0.5) is 5.69 Å². The van der Waals surface area contributed by atoms with Gasteiger partial charge in [-0.3, -0.25) is 4.79 Å². The molecule has 21 heavy (non-hydrogen) atoms. The molecule has 1 amide bonds. The molecule has 0 radical (unpaired) electrons. The minimum absolute atomic E-state index is 0.0343. The van der Waals surface area contributed by atoms with Gasteiger partial charge >= 0.3 is 0 Å². The zero-order valence-electron chi connectivity index (χ0n) is 12.8. The summed E-state index contributed by atoms with van der Waals surface area (Å²) in [6, 6.07) is 6.15. The molecule has 1 aliphatic carbocycles. The van der Waals surface area contributed by atoms with Crippen molar-refractivity contribution >= 4 is 22.9 Å². The minimum Gasteiger partial charge on any atom is -0.322 e. The first kappa shape index (κ1) is 14.3. The molecule has 0 spiro atoms. The molecule has 0 saturated heterocycles. The Hall–Kier alpha value is -1.61. The van der Waals surface area contributed by atoms with E-state index in [1.54, 1.807) is 11.3 Å². The highest BCUT2D eigenvalue weighted by Gasteiger charge is 2.23. The molecule has 0 aliphatic heterocycles. The van der Waals surface area contributed by atoms with Crippen LogP contribution in [-0.2, 0) is 12.8 Å². The third-order valence-corrected chi connectivity index (χ3v) is 5.18. The van der Waals surface area contributed by atoms with Gasteiger partial charge in [-0.2, -0.15) is 0 Å². The molecule has 3 heteroatoms. The number of nitrogens with one attached hydrogen (secondary N) is 1. The fourth-order valence-electron chi connectivity index (χ4n) is 3.11. The lowest BCUT2D eigenvalue weighted by Gasteiger charge is -2.18. The zero-order chi connectivity index (χ0) is 15.0. The molecule has 110 valence electrons. The normalized spacial score (nSPS) is 17.4. The highest BCUT2D eigenvalue weighted by Crippen LogP contribution is 2.33. The van der Waals surface area contributed by atoms with Crippen molar-refractivity contribution in [1.82, 2.24) is 0 Å². The van der Waals surface area contributed by atoms with Gasteiger partial charge in [0.25, 0.3) is 5.91 Å². The van der Waals surface area contributed by atoms with Gasteiger partial charge in [0, 0.05) is 15.9 Å². The van der Waals surface area contributed by atoms with Crippen molar-refractivity contribution in [3.05, 3.63) is 50.7 Å². The Balaban J connectivity index is 1.83. The maximum absolute atomic E-state index is 12.5. The minimum atomic E-state index is 0.0343. The molecule has 3 rings (SSSR count). The topological polar surface area (TPSA) is 29.1 Å². The van der Waals surface area contributed by atoms with E-state index in [0.717, 1.165) is 30.0 Å². The summed E-state index contributed by atoms with van der Waals surface area (Å²) in [6.45, 7) is 6.39. The van der Waals surface area contributed by atoms with Crippen LogP contribution < -0.4 is 5.32 Å². The van der Waals surface area contributed by atoms with E-state index in [4.69, 9.17) is 0 Å². The molecule has 0 unspecified atom stereocenters. The van der Waals surface area contributed by atoms with Gasteiger partial charge in [0.05, 0.1) is 5.56 Å². The lowest BCUT2D eigenvalue weighted by Crippen LogP contribution is -2.16.